The van der Waals surface area contributed by atoms with Gasteiger partial charge in [-0.25, -0.2) is 14.4 Å². The molecule has 2 atom stereocenters. The van der Waals surface area contributed by atoms with E-state index in [0.717, 1.165) is 13.0 Å². The van der Waals surface area contributed by atoms with Gasteiger partial charge in [-0.15, -0.1) is 0 Å². The molecule has 1 aromatic carbocycles. The quantitative estimate of drug-likeness (QED) is 0.670. The largest absolute Gasteiger partial charge is 0.478 e. The Morgan fingerprint density at radius 2 is 1.81 bits per heavy atom. The van der Waals surface area contributed by atoms with Crippen molar-refractivity contribution in [2.75, 3.05) is 25.5 Å². The first-order valence-corrected chi connectivity index (χ1v) is 8.25. The summed E-state index contributed by atoms with van der Waals surface area (Å²) in [7, 11) is 4.27. The Bertz CT molecular complexity index is 777. The third-order valence-corrected chi connectivity index (χ3v) is 4.89. The lowest BCUT2D eigenvalue weighted by Crippen LogP contribution is -2.45. The van der Waals surface area contributed by atoms with Crippen LogP contribution < -0.4 is 15.4 Å². The van der Waals surface area contributed by atoms with E-state index < -0.39 is 18.0 Å². The number of nitrogens with two attached hydrogens (primary N) is 1. The molecule has 1 aromatic rings. The maximum absolute atomic E-state index is 10.9. The van der Waals surface area contributed by atoms with E-state index in [1.807, 2.05) is 12.1 Å². The highest BCUT2D eigenvalue weighted by atomic mass is 16.5. The van der Waals surface area contributed by atoms with Crippen LogP contribution in [0.3, 0.4) is 0 Å². The lowest BCUT2D eigenvalue weighted by Gasteiger charge is -2.32. The Morgan fingerprint density at radius 3 is 2.33 bits per heavy atom. The molecule has 2 heterocycles. The molecule has 2 aliphatic heterocycles. The minimum atomic E-state index is -1.26. The molecule has 0 radical (unpaired) electrons. The number of aliphatic carboxylic acids is 2. The second-order valence-corrected chi connectivity index (χ2v) is 6.74. The number of hydrogen-bond donors (Lipinski definition) is 3. The van der Waals surface area contributed by atoms with Gasteiger partial charge in [0, 0.05) is 36.8 Å². The second-order valence-electron chi connectivity index (χ2n) is 6.74. The van der Waals surface area contributed by atoms with Crippen molar-refractivity contribution in [3.63, 3.8) is 0 Å². The standard InChI is InChI=1S/C14H19N3O2.C4H4O4/c1-14-6-7-16(2)12(14)17(3)11-5-4-9(8-10(11)14)19-13(15)18;5-3(6)1-2-4(7)8/h4-5,8,12H,6-7H2,1-3H3,(H2,15,18);1-2H,(H,5,6)(H,7,8)/b;2-1+/t12?,14-;/m0./s1. The SMILES string of the molecule is CN1CC[C@@]2(C)c3cc(OC(N)=O)ccc3N(C)C12.O=C(O)/C=C/C(=O)O. The third-order valence-electron chi connectivity index (χ3n) is 4.89. The normalized spacial score (nSPS) is 23.4. The van der Waals surface area contributed by atoms with Crippen LogP contribution in [0.4, 0.5) is 10.5 Å². The summed E-state index contributed by atoms with van der Waals surface area (Å²) in [6.45, 7) is 3.35. The van der Waals surface area contributed by atoms with Crippen LogP contribution >= 0.6 is 0 Å². The average Bonchev–Trinajstić information content (AvgIpc) is 2.99. The summed E-state index contributed by atoms with van der Waals surface area (Å²) in [5.74, 6) is -1.99. The summed E-state index contributed by atoms with van der Waals surface area (Å²) in [5, 5.41) is 15.6. The van der Waals surface area contributed by atoms with E-state index >= 15 is 0 Å². The van der Waals surface area contributed by atoms with Gasteiger partial charge < -0.3 is 25.6 Å². The number of benzene rings is 1. The van der Waals surface area contributed by atoms with E-state index in [1.165, 1.54) is 11.3 Å². The molecule has 0 saturated carbocycles. The van der Waals surface area contributed by atoms with E-state index in [4.69, 9.17) is 20.7 Å². The third kappa shape index (κ3) is 4.20. The molecule has 146 valence electrons. The van der Waals surface area contributed by atoms with Crippen LogP contribution in [0.25, 0.3) is 0 Å². The Morgan fingerprint density at radius 1 is 1.22 bits per heavy atom. The van der Waals surface area contributed by atoms with Gasteiger partial charge in [0.2, 0.25) is 0 Å². The van der Waals surface area contributed by atoms with E-state index in [-0.39, 0.29) is 5.41 Å². The second kappa shape index (κ2) is 7.67. The molecule has 1 unspecified atom stereocenters. The highest BCUT2D eigenvalue weighted by Gasteiger charge is 2.52. The zero-order valence-corrected chi connectivity index (χ0v) is 15.4. The summed E-state index contributed by atoms with van der Waals surface area (Å²) in [5.41, 5.74) is 7.60. The van der Waals surface area contributed by atoms with Gasteiger partial charge in [0.25, 0.3) is 0 Å². The maximum atomic E-state index is 10.9. The number of hydrogen-bond acceptors (Lipinski definition) is 6. The molecule has 3 rings (SSSR count). The zero-order valence-electron chi connectivity index (χ0n) is 15.4. The molecular formula is C18H23N3O6. The van der Waals surface area contributed by atoms with Crippen molar-refractivity contribution in [1.82, 2.24) is 4.90 Å². The Labute approximate surface area is 156 Å². The highest BCUT2D eigenvalue weighted by molar-refractivity contribution is 5.89. The maximum Gasteiger partial charge on any atom is 0.409 e. The van der Waals surface area contributed by atoms with Crippen LogP contribution in [0.2, 0.25) is 0 Å². The molecule has 0 spiro atoms. The molecule has 1 saturated heterocycles. The van der Waals surface area contributed by atoms with Gasteiger partial charge in [0.1, 0.15) is 5.75 Å². The first-order valence-electron chi connectivity index (χ1n) is 8.25. The molecule has 4 N–H and O–H groups in total. The summed E-state index contributed by atoms with van der Waals surface area (Å²) in [6.07, 6.45) is 1.82. The number of anilines is 1. The molecule has 9 nitrogen and oxygen atoms in total. The number of carbonyl (C=O) groups is 3. The van der Waals surface area contributed by atoms with Crippen LogP contribution in [-0.2, 0) is 15.0 Å². The Balaban J connectivity index is 0.000000279. The van der Waals surface area contributed by atoms with Crippen LogP contribution in [0.5, 0.6) is 5.75 Å². The molecule has 0 aromatic heterocycles. The van der Waals surface area contributed by atoms with Crippen molar-refractivity contribution >= 4 is 23.7 Å². The van der Waals surface area contributed by atoms with Gasteiger partial charge in [-0.3, -0.25) is 4.90 Å². The highest BCUT2D eigenvalue weighted by Crippen LogP contribution is 2.51. The molecule has 0 bridgehead atoms. The van der Waals surface area contributed by atoms with E-state index in [9.17, 15) is 14.4 Å². The number of rotatable bonds is 3. The lowest BCUT2D eigenvalue weighted by molar-refractivity contribution is -0.134. The fraction of sp³-hybridized carbons (Fsp3) is 0.389. The van der Waals surface area contributed by atoms with Crippen molar-refractivity contribution in [1.29, 1.82) is 0 Å². The first kappa shape index (κ1) is 20.2. The number of carboxylic acids is 2. The molecular weight excluding hydrogens is 354 g/mol. The number of primary amides is 1. The van der Waals surface area contributed by atoms with Gasteiger partial charge in [-0.1, -0.05) is 6.92 Å². The monoisotopic (exact) mass is 377 g/mol. The number of amides is 1. The number of carbonyl (C=O) groups excluding carboxylic acids is 1. The average molecular weight is 377 g/mol. The Hall–Kier alpha value is -3.07. The number of likely N-dealkylation sites (tertiary alicyclic amines) is 1. The van der Waals surface area contributed by atoms with Crippen LogP contribution in [-0.4, -0.2) is 60.0 Å². The first-order chi connectivity index (χ1) is 12.6. The molecule has 0 aliphatic carbocycles. The minimum absolute atomic E-state index is 0.0792. The van der Waals surface area contributed by atoms with Crippen molar-refractivity contribution in [3.05, 3.63) is 35.9 Å². The topological polar surface area (TPSA) is 133 Å². The Kier molecular flexibility index (Phi) is 5.75. The lowest BCUT2D eigenvalue weighted by atomic mass is 9.81. The van der Waals surface area contributed by atoms with E-state index in [2.05, 4.69) is 30.8 Å². The van der Waals surface area contributed by atoms with Gasteiger partial charge in [-0.2, -0.15) is 0 Å². The molecule has 9 heteroatoms. The van der Waals surface area contributed by atoms with Gasteiger partial charge in [0.15, 0.2) is 0 Å². The zero-order chi connectivity index (χ0) is 20.4. The smallest absolute Gasteiger partial charge is 0.409 e. The predicted molar refractivity (Wildman–Crippen MR) is 97.9 cm³/mol. The summed E-state index contributed by atoms with van der Waals surface area (Å²) in [4.78, 5) is 34.7. The molecule has 2 aliphatic rings. The number of carboxylic acid groups (broad SMARTS) is 2. The van der Waals surface area contributed by atoms with Gasteiger partial charge >= 0.3 is 18.0 Å². The van der Waals surface area contributed by atoms with Crippen LogP contribution in [0, 0.1) is 0 Å². The fourth-order valence-corrected chi connectivity index (χ4v) is 3.88. The van der Waals surface area contributed by atoms with Crippen molar-refractivity contribution < 1.29 is 29.3 Å². The van der Waals surface area contributed by atoms with Gasteiger partial charge in [0.05, 0.1) is 6.17 Å². The minimum Gasteiger partial charge on any atom is -0.478 e. The van der Waals surface area contributed by atoms with Gasteiger partial charge in [-0.05, 0) is 37.2 Å². The number of ether oxygens (including phenoxy) is 1. The van der Waals surface area contributed by atoms with Crippen molar-refractivity contribution in [3.8, 4) is 5.75 Å². The van der Waals surface area contributed by atoms with Crippen LogP contribution in [0.1, 0.15) is 18.9 Å². The van der Waals surface area contributed by atoms with Crippen LogP contribution in [0.15, 0.2) is 30.4 Å². The number of likely N-dealkylation sites (N-methyl/N-ethyl adjacent to an activating group) is 2. The summed E-state index contributed by atoms with van der Waals surface area (Å²) >= 11 is 0. The molecule has 1 amide bonds. The van der Waals surface area contributed by atoms with Crippen molar-refractivity contribution in [2.45, 2.75) is 24.9 Å². The predicted octanol–water partition coefficient (Wildman–Crippen LogP) is 1.23. The number of fused-ring (bicyclic) bond motifs is 3. The molecule has 27 heavy (non-hydrogen) atoms. The molecule has 1 fully saturated rings. The fourth-order valence-electron chi connectivity index (χ4n) is 3.88. The van der Waals surface area contributed by atoms with Crippen molar-refractivity contribution in [2.24, 2.45) is 5.73 Å². The van der Waals surface area contributed by atoms with E-state index in [1.54, 1.807) is 6.07 Å². The summed E-state index contributed by atoms with van der Waals surface area (Å²) < 4.78 is 5.00. The van der Waals surface area contributed by atoms with E-state index in [0.29, 0.717) is 24.1 Å². The number of nitrogens with zero attached hydrogens (tertiary/aromatic N) is 2. The summed E-state index contributed by atoms with van der Waals surface area (Å²) in [6, 6.07) is 5.76.